The number of carboxylic acid groups (broad SMARTS) is 1. The van der Waals surface area contributed by atoms with Crippen molar-refractivity contribution >= 4 is 28.6 Å². The van der Waals surface area contributed by atoms with Crippen LogP contribution in [0.25, 0.3) is 11.0 Å². The standard InChI is InChI=1S/C16H11N3O3/c20-15(19-11-6-2-1-5-10(11)16(21)22)14-9-17-12-7-3-4-8-13(12)18-14/h1-9H,(H,19,20)(H,21,22). The molecule has 0 aliphatic rings. The summed E-state index contributed by atoms with van der Waals surface area (Å²) in [7, 11) is 0. The Hall–Kier alpha value is -3.28. The third-order valence-corrected chi connectivity index (χ3v) is 3.09. The summed E-state index contributed by atoms with van der Waals surface area (Å²) in [4.78, 5) is 31.7. The maximum atomic E-state index is 12.2. The first-order chi connectivity index (χ1) is 10.6. The summed E-state index contributed by atoms with van der Waals surface area (Å²) in [6.07, 6.45) is 1.36. The number of fused-ring (bicyclic) bond motifs is 1. The smallest absolute Gasteiger partial charge is 0.337 e. The van der Waals surface area contributed by atoms with Crippen molar-refractivity contribution in [2.45, 2.75) is 0 Å². The van der Waals surface area contributed by atoms with Gasteiger partial charge in [-0.2, -0.15) is 0 Å². The zero-order valence-corrected chi connectivity index (χ0v) is 11.4. The van der Waals surface area contributed by atoms with Gasteiger partial charge in [0.05, 0.1) is 28.5 Å². The maximum absolute atomic E-state index is 12.2. The molecule has 3 aromatic rings. The van der Waals surface area contributed by atoms with E-state index in [0.717, 1.165) is 0 Å². The van der Waals surface area contributed by atoms with Crippen LogP contribution < -0.4 is 5.32 Å². The van der Waals surface area contributed by atoms with E-state index in [9.17, 15) is 9.59 Å². The molecular weight excluding hydrogens is 282 g/mol. The monoisotopic (exact) mass is 293 g/mol. The maximum Gasteiger partial charge on any atom is 0.337 e. The number of aromatic carboxylic acids is 1. The zero-order valence-electron chi connectivity index (χ0n) is 11.4. The number of aromatic nitrogens is 2. The summed E-state index contributed by atoms with van der Waals surface area (Å²) in [5.74, 6) is -1.62. The number of benzene rings is 2. The lowest BCUT2D eigenvalue weighted by Crippen LogP contribution is -2.16. The van der Waals surface area contributed by atoms with Crippen LogP contribution in [0.15, 0.2) is 54.7 Å². The Balaban J connectivity index is 1.92. The van der Waals surface area contributed by atoms with E-state index >= 15 is 0 Å². The van der Waals surface area contributed by atoms with Gasteiger partial charge in [-0.05, 0) is 24.3 Å². The first-order valence-electron chi connectivity index (χ1n) is 6.50. The molecule has 0 saturated carbocycles. The fourth-order valence-corrected chi connectivity index (χ4v) is 2.03. The summed E-state index contributed by atoms with van der Waals surface area (Å²) >= 11 is 0. The van der Waals surface area contributed by atoms with Gasteiger partial charge in [-0.15, -0.1) is 0 Å². The molecule has 0 spiro atoms. The number of carbonyl (C=O) groups excluding carboxylic acids is 1. The van der Waals surface area contributed by atoms with Gasteiger partial charge in [0.2, 0.25) is 0 Å². The molecule has 108 valence electrons. The quantitative estimate of drug-likeness (QED) is 0.774. The Labute approximate surface area is 125 Å². The molecule has 1 heterocycles. The largest absolute Gasteiger partial charge is 0.478 e. The lowest BCUT2D eigenvalue weighted by Gasteiger charge is -2.08. The van der Waals surface area contributed by atoms with Crippen LogP contribution in [-0.2, 0) is 0 Å². The average molecular weight is 293 g/mol. The second-order valence-electron chi connectivity index (χ2n) is 4.55. The number of carboxylic acids is 1. The third-order valence-electron chi connectivity index (χ3n) is 3.09. The van der Waals surface area contributed by atoms with Crippen LogP contribution in [0.2, 0.25) is 0 Å². The van der Waals surface area contributed by atoms with E-state index in [2.05, 4.69) is 15.3 Å². The van der Waals surface area contributed by atoms with Crippen LogP contribution in [0, 0.1) is 0 Å². The lowest BCUT2D eigenvalue weighted by atomic mass is 10.2. The van der Waals surface area contributed by atoms with Crippen molar-refractivity contribution < 1.29 is 14.7 Å². The topological polar surface area (TPSA) is 92.2 Å². The highest BCUT2D eigenvalue weighted by Gasteiger charge is 2.14. The van der Waals surface area contributed by atoms with E-state index < -0.39 is 11.9 Å². The van der Waals surface area contributed by atoms with E-state index in [-0.39, 0.29) is 16.9 Å². The molecule has 0 radical (unpaired) electrons. The fraction of sp³-hybridized carbons (Fsp3) is 0. The van der Waals surface area contributed by atoms with Crippen molar-refractivity contribution in [3.63, 3.8) is 0 Å². The third kappa shape index (κ3) is 2.62. The first kappa shape index (κ1) is 13.7. The Morgan fingerprint density at radius 3 is 2.41 bits per heavy atom. The highest BCUT2D eigenvalue weighted by atomic mass is 16.4. The van der Waals surface area contributed by atoms with Gasteiger partial charge < -0.3 is 10.4 Å². The average Bonchev–Trinajstić information content (AvgIpc) is 2.54. The molecule has 2 aromatic carbocycles. The molecule has 1 amide bonds. The number of carbonyl (C=O) groups is 2. The second kappa shape index (κ2) is 5.61. The molecule has 0 bridgehead atoms. The minimum absolute atomic E-state index is 0.0181. The minimum Gasteiger partial charge on any atom is -0.478 e. The van der Waals surface area contributed by atoms with Crippen LogP contribution in [0.4, 0.5) is 5.69 Å². The van der Waals surface area contributed by atoms with Crippen molar-refractivity contribution in [3.05, 3.63) is 66.0 Å². The van der Waals surface area contributed by atoms with Gasteiger partial charge in [0.1, 0.15) is 5.69 Å². The molecule has 1 aromatic heterocycles. The first-order valence-corrected chi connectivity index (χ1v) is 6.50. The number of nitrogens with one attached hydrogen (secondary N) is 1. The molecule has 2 N–H and O–H groups in total. The van der Waals surface area contributed by atoms with Gasteiger partial charge in [0, 0.05) is 0 Å². The number of para-hydroxylation sites is 3. The molecule has 0 unspecified atom stereocenters. The zero-order chi connectivity index (χ0) is 15.5. The van der Waals surface area contributed by atoms with Gasteiger partial charge in [-0.25, -0.2) is 9.78 Å². The highest BCUT2D eigenvalue weighted by molar-refractivity contribution is 6.07. The van der Waals surface area contributed by atoms with E-state index in [1.54, 1.807) is 30.3 Å². The number of hydrogen-bond donors (Lipinski definition) is 2. The van der Waals surface area contributed by atoms with Gasteiger partial charge in [0.25, 0.3) is 5.91 Å². The summed E-state index contributed by atoms with van der Waals surface area (Å²) in [6, 6.07) is 13.4. The van der Waals surface area contributed by atoms with Crippen LogP contribution in [0.3, 0.4) is 0 Å². The van der Waals surface area contributed by atoms with Crippen molar-refractivity contribution in [2.75, 3.05) is 5.32 Å². The molecule has 22 heavy (non-hydrogen) atoms. The number of rotatable bonds is 3. The molecule has 0 atom stereocenters. The van der Waals surface area contributed by atoms with Crippen LogP contribution in [0.5, 0.6) is 0 Å². The number of anilines is 1. The summed E-state index contributed by atoms with van der Waals surface area (Å²) in [5.41, 5.74) is 1.64. The Bertz CT molecular complexity index is 877. The number of nitrogens with zero attached hydrogens (tertiary/aromatic N) is 2. The van der Waals surface area contributed by atoms with E-state index in [4.69, 9.17) is 5.11 Å². The number of hydrogen-bond acceptors (Lipinski definition) is 4. The molecule has 6 heteroatoms. The minimum atomic E-state index is -1.11. The normalized spacial score (nSPS) is 10.4. The van der Waals surface area contributed by atoms with Gasteiger partial charge >= 0.3 is 5.97 Å². The predicted molar refractivity (Wildman–Crippen MR) is 80.9 cm³/mol. The predicted octanol–water partition coefficient (Wildman–Crippen LogP) is 2.58. The Morgan fingerprint density at radius 1 is 0.955 bits per heavy atom. The van der Waals surface area contributed by atoms with Crippen molar-refractivity contribution in [3.8, 4) is 0 Å². The fourth-order valence-electron chi connectivity index (χ4n) is 2.03. The van der Waals surface area contributed by atoms with E-state index in [1.807, 2.05) is 6.07 Å². The van der Waals surface area contributed by atoms with Gasteiger partial charge in [-0.1, -0.05) is 24.3 Å². The van der Waals surface area contributed by atoms with Gasteiger partial charge in [-0.3, -0.25) is 9.78 Å². The second-order valence-corrected chi connectivity index (χ2v) is 4.55. The molecular formula is C16H11N3O3. The molecule has 0 aliphatic heterocycles. The Kier molecular flexibility index (Phi) is 3.49. The lowest BCUT2D eigenvalue weighted by molar-refractivity contribution is 0.0698. The molecule has 0 aliphatic carbocycles. The van der Waals surface area contributed by atoms with Gasteiger partial charge in [0.15, 0.2) is 0 Å². The van der Waals surface area contributed by atoms with Crippen LogP contribution in [-0.4, -0.2) is 27.0 Å². The Morgan fingerprint density at radius 2 is 1.64 bits per heavy atom. The van der Waals surface area contributed by atoms with Crippen molar-refractivity contribution in [1.29, 1.82) is 0 Å². The number of amides is 1. The van der Waals surface area contributed by atoms with Crippen molar-refractivity contribution in [2.24, 2.45) is 0 Å². The highest BCUT2D eigenvalue weighted by Crippen LogP contribution is 2.16. The summed E-state index contributed by atoms with van der Waals surface area (Å²) < 4.78 is 0. The summed E-state index contributed by atoms with van der Waals surface area (Å²) in [6.45, 7) is 0. The molecule has 0 saturated heterocycles. The molecule has 6 nitrogen and oxygen atoms in total. The van der Waals surface area contributed by atoms with E-state index in [1.165, 1.54) is 18.3 Å². The van der Waals surface area contributed by atoms with Crippen LogP contribution in [0.1, 0.15) is 20.8 Å². The van der Waals surface area contributed by atoms with Crippen LogP contribution >= 0.6 is 0 Å². The molecule has 3 rings (SSSR count). The molecule has 0 fully saturated rings. The van der Waals surface area contributed by atoms with Crippen molar-refractivity contribution in [1.82, 2.24) is 9.97 Å². The SMILES string of the molecule is O=C(Nc1ccccc1C(=O)O)c1cnc2ccccc2n1. The summed E-state index contributed by atoms with van der Waals surface area (Å²) in [5, 5.41) is 11.7. The van der Waals surface area contributed by atoms with E-state index in [0.29, 0.717) is 11.0 Å².